The van der Waals surface area contributed by atoms with E-state index in [0.29, 0.717) is 12.8 Å². The van der Waals surface area contributed by atoms with Gasteiger partial charge in [0.2, 0.25) is 0 Å². The van der Waals surface area contributed by atoms with E-state index in [1.807, 2.05) is 0 Å². The minimum atomic E-state index is -0.879. The van der Waals surface area contributed by atoms with Crippen LogP contribution in [-0.2, 0) is 4.79 Å². The smallest absolute Gasteiger partial charge is 0.135 e. The summed E-state index contributed by atoms with van der Waals surface area (Å²) < 4.78 is 13.4. The van der Waals surface area contributed by atoms with Gasteiger partial charge in [0.15, 0.2) is 0 Å². The average Bonchev–Trinajstić information content (AvgIpc) is 2.25. The van der Waals surface area contributed by atoms with E-state index in [1.165, 1.54) is 32.1 Å². The Morgan fingerprint density at radius 2 is 1.31 bits per heavy atom. The highest BCUT2D eigenvalue weighted by Crippen LogP contribution is 2.16. The number of carbonyl (C=O) groups is 1. The number of Topliss-reactive ketones (excluding diaryl/α,β-unsaturated/α-hetero) is 1. The third-order valence-corrected chi connectivity index (χ3v) is 3.42. The molecular weight excluding hydrogens is 203 g/mol. The molecule has 1 saturated carbocycles. The van der Waals surface area contributed by atoms with Crippen molar-refractivity contribution in [2.45, 2.75) is 83.2 Å². The Morgan fingerprint density at radius 3 is 1.94 bits per heavy atom. The van der Waals surface area contributed by atoms with Gasteiger partial charge in [-0.2, -0.15) is 0 Å². The van der Waals surface area contributed by atoms with Crippen LogP contribution in [0.5, 0.6) is 0 Å². The molecule has 1 unspecified atom stereocenters. The van der Waals surface area contributed by atoms with Crippen molar-refractivity contribution in [3.05, 3.63) is 0 Å². The molecule has 0 aromatic carbocycles. The minimum absolute atomic E-state index is 0.129. The standard InChI is InChI=1S/C14H25FO/c15-13-10-8-6-4-2-1-3-5-7-9-11-14(16)12-13/h13H,1-12H2. The van der Waals surface area contributed by atoms with Gasteiger partial charge in [-0.05, 0) is 12.8 Å². The second-order valence-corrected chi connectivity index (χ2v) is 5.06. The van der Waals surface area contributed by atoms with E-state index in [0.717, 1.165) is 25.7 Å². The molecule has 16 heavy (non-hydrogen) atoms. The zero-order valence-electron chi connectivity index (χ0n) is 10.3. The first-order valence-electron chi connectivity index (χ1n) is 6.95. The highest BCUT2D eigenvalue weighted by Gasteiger charge is 2.12. The maximum Gasteiger partial charge on any atom is 0.135 e. The lowest BCUT2D eigenvalue weighted by molar-refractivity contribution is -0.120. The molecule has 94 valence electrons. The second-order valence-electron chi connectivity index (χ2n) is 5.06. The van der Waals surface area contributed by atoms with Gasteiger partial charge in [-0.25, -0.2) is 4.39 Å². The molecule has 1 aliphatic rings. The molecule has 1 fully saturated rings. The molecule has 0 aromatic heterocycles. The summed E-state index contributed by atoms with van der Waals surface area (Å²) in [4.78, 5) is 11.4. The molecule has 0 N–H and O–H groups in total. The Morgan fingerprint density at radius 1 is 0.812 bits per heavy atom. The van der Waals surface area contributed by atoms with Crippen LogP contribution in [0, 0.1) is 0 Å². The molecule has 1 atom stereocenters. The maximum absolute atomic E-state index is 13.4. The fourth-order valence-electron chi connectivity index (χ4n) is 2.38. The molecular formula is C14H25FO. The highest BCUT2D eigenvalue weighted by molar-refractivity contribution is 5.78. The van der Waals surface area contributed by atoms with Crippen molar-refractivity contribution in [1.82, 2.24) is 0 Å². The van der Waals surface area contributed by atoms with Gasteiger partial charge < -0.3 is 0 Å². The third-order valence-electron chi connectivity index (χ3n) is 3.42. The van der Waals surface area contributed by atoms with Gasteiger partial charge in [0.25, 0.3) is 0 Å². The number of carbonyl (C=O) groups excluding carboxylic acids is 1. The van der Waals surface area contributed by atoms with E-state index in [2.05, 4.69) is 0 Å². The van der Waals surface area contributed by atoms with Crippen LogP contribution < -0.4 is 0 Å². The Kier molecular flexibility index (Phi) is 7.45. The van der Waals surface area contributed by atoms with Gasteiger partial charge in [0.1, 0.15) is 12.0 Å². The van der Waals surface area contributed by atoms with Crippen LogP contribution in [0.15, 0.2) is 0 Å². The summed E-state index contributed by atoms with van der Waals surface area (Å²) in [5.74, 6) is 0.129. The summed E-state index contributed by atoms with van der Waals surface area (Å²) in [6.45, 7) is 0. The third kappa shape index (κ3) is 6.97. The fraction of sp³-hybridized carbons (Fsp3) is 0.929. The van der Waals surface area contributed by atoms with Crippen molar-refractivity contribution < 1.29 is 9.18 Å². The van der Waals surface area contributed by atoms with E-state index in [9.17, 15) is 9.18 Å². The predicted octanol–water partition coefficient (Wildman–Crippen LogP) is 4.59. The number of alkyl halides is 1. The monoisotopic (exact) mass is 228 g/mol. The topological polar surface area (TPSA) is 17.1 Å². The zero-order valence-corrected chi connectivity index (χ0v) is 10.3. The molecule has 1 nitrogen and oxygen atoms in total. The number of halogens is 1. The van der Waals surface area contributed by atoms with Crippen molar-refractivity contribution in [2.75, 3.05) is 0 Å². The summed E-state index contributed by atoms with van der Waals surface area (Å²) in [5.41, 5.74) is 0. The molecule has 0 aliphatic heterocycles. The number of hydrogen-bond donors (Lipinski definition) is 0. The Bertz CT molecular complexity index is 191. The molecule has 1 aliphatic carbocycles. The van der Waals surface area contributed by atoms with Gasteiger partial charge >= 0.3 is 0 Å². The molecule has 0 radical (unpaired) electrons. The molecule has 2 heteroatoms. The molecule has 0 spiro atoms. The quantitative estimate of drug-likeness (QED) is 0.592. The van der Waals surface area contributed by atoms with Crippen molar-refractivity contribution in [1.29, 1.82) is 0 Å². The number of hydrogen-bond acceptors (Lipinski definition) is 1. The highest BCUT2D eigenvalue weighted by atomic mass is 19.1. The van der Waals surface area contributed by atoms with Gasteiger partial charge in [0, 0.05) is 12.8 Å². The van der Waals surface area contributed by atoms with Gasteiger partial charge in [-0.15, -0.1) is 0 Å². The molecule has 0 amide bonds. The van der Waals surface area contributed by atoms with E-state index in [-0.39, 0.29) is 12.2 Å². The maximum atomic E-state index is 13.4. The lowest BCUT2D eigenvalue weighted by atomic mass is 10.00. The first-order valence-corrected chi connectivity index (χ1v) is 6.95. The SMILES string of the molecule is O=C1CCCCCCCCCCCC(F)C1. The number of ketones is 1. The Hall–Kier alpha value is -0.400. The average molecular weight is 228 g/mol. The van der Waals surface area contributed by atoms with Crippen LogP contribution >= 0.6 is 0 Å². The normalized spacial score (nSPS) is 27.3. The van der Waals surface area contributed by atoms with E-state index >= 15 is 0 Å². The molecule has 0 saturated heterocycles. The van der Waals surface area contributed by atoms with Crippen molar-refractivity contribution in [3.8, 4) is 0 Å². The van der Waals surface area contributed by atoms with Gasteiger partial charge in [-0.1, -0.05) is 51.4 Å². The van der Waals surface area contributed by atoms with Crippen LogP contribution in [0.1, 0.15) is 77.0 Å². The lowest BCUT2D eigenvalue weighted by Crippen LogP contribution is -2.09. The van der Waals surface area contributed by atoms with Gasteiger partial charge in [-0.3, -0.25) is 4.79 Å². The second kappa shape index (κ2) is 8.72. The van der Waals surface area contributed by atoms with Crippen molar-refractivity contribution >= 4 is 5.78 Å². The zero-order chi connectivity index (χ0) is 11.6. The molecule has 0 aromatic rings. The largest absolute Gasteiger partial charge is 0.300 e. The number of rotatable bonds is 0. The first kappa shape index (κ1) is 13.7. The molecule has 0 bridgehead atoms. The summed E-state index contributed by atoms with van der Waals surface area (Å²) in [6.07, 6.45) is 11.1. The first-order chi connectivity index (χ1) is 7.79. The van der Waals surface area contributed by atoms with Crippen LogP contribution in [-0.4, -0.2) is 12.0 Å². The van der Waals surface area contributed by atoms with E-state index in [4.69, 9.17) is 0 Å². The summed E-state index contributed by atoms with van der Waals surface area (Å²) in [5, 5.41) is 0. The lowest BCUT2D eigenvalue weighted by Gasteiger charge is -2.09. The molecule has 1 rings (SSSR count). The Balaban J connectivity index is 2.23. The van der Waals surface area contributed by atoms with Crippen molar-refractivity contribution in [2.24, 2.45) is 0 Å². The van der Waals surface area contributed by atoms with Gasteiger partial charge in [0.05, 0.1) is 0 Å². The van der Waals surface area contributed by atoms with Crippen LogP contribution in [0.4, 0.5) is 4.39 Å². The summed E-state index contributed by atoms with van der Waals surface area (Å²) >= 11 is 0. The van der Waals surface area contributed by atoms with Crippen LogP contribution in [0.25, 0.3) is 0 Å². The van der Waals surface area contributed by atoms with Crippen LogP contribution in [0.3, 0.4) is 0 Å². The Labute approximate surface area is 98.8 Å². The molecule has 0 heterocycles. The van der Waals surface area contributed by atoms with Crippen molar-refractivity contribution in [3.63, 3.8) is 0 Å². The summed E-state index contributed by atoms with van der Waals surface area (Å²) in [6, 6.07) is 0. The van der Waals surface area contributed by atoms with E-state index in [1.54, 1.807) is 0 Å². The minimum Gasteiger partial charge on any atom is -0.300 e. The predicted molar refractivity (Wildman–Crippen MR) is 65.3 cm³/mol. The fourth-order valence-corrected chi connectivity index (χ4v) is 2.38. The van der Waals surface area contributed by atoms with Crippen LogP contribution in [0.2, 0.25) is 0 Å². The van der Waals surface area contributed by atoms with E-state index < -0.39 is 6.17 Å². The summed E-state index contributed by atoms with van der Waals surface area (Å²) in [7, 11) is 0.